The first kappa shape index (κ1) is 19.4. The molecule has 0 radical (unpaired) electrons. The maximum absolute atomic E-state index is 13.0. The van der Waals surface area contributed by atoms with E-state index in [1.54, 1.807) is 67.8 Å². The minimum Gasteiger partial charge on any atom is -0.507 e. The zero-order chi connectivity index (χ0) is 21.3. The molecule has 1 aliphatic heterocycles. The number of Topliss-reactive ketones (excluding diaryl/α,β-unsaturated/α-hetero) is 1. The summed E-state index contributed by atoms with van der Waals surface area (Å²) in [6.07, 6.45) is 3.24. The highest BCUT2D eigenvalue weighted by molar-refractivity contribution is 6.46. The largest absolute Gasteiger partial charge is 0.507 e. The van der Waals surface area contributed by atoms with Crippen LogP contribution in [0.2, 0.25) is 0 Å². The second kappa shape index (κ2) is 7.87. The third kappa shape index (κ3) is 3.45. The average Bonchev–Trinajstić information content (AvgIpc) is 3.30. The molecular weight excluding hydrogens is 384 g/mol. The standard InChI is InChI=1S/C23H20N2O5/c1-14-6-7-18(30-14)20-19(21(26)16-4-3-5-17(12-16)29-2)22(27)23(28)25(20)13-15-8-10-24-11-9-15/h3-12,20,26H,13H2,1-2H3. The summed E-state index contributed by atoms with van der Waals surface area (Å²) in [6.45, 7) is 1.95. The molecule has 1 unspecified atom stereocenters. The molecule has 0 aliphatic carbocycles. The molecule has 152 valence electrons. The van der Waals surface area contributed by atoms with E-state index >= 15 is 0 Å². The number of methoxy groups -OCH3 is 1. The number of ketones is 1. The topological polar surface area (TPSA) is 92.9 Å². The summed E-state index contributed by atoms with van der Waals surface area (Å²) in [4.78, 5) is 31.3. The van der Waals surface area contributed by atoms with E-state index in [0.717, 1.165) is 5.56 Å². The highest BCUT2D eigenvalue weighted by atomic mass is 16.5. The van der Waals surface area contributed by atoms with Crippen LogP contribution in [0.3, 0.4) is 0 Å². The molecule has 0 saturated carbocycles. The van der Waals surface area contributed by atoms with Gasteiger partial charge in [0.25, 0.3) is 11.7 Å². The van der Waals surface area contributed by atoms with Gasteiger partial charge in [-0.15, -0.1) is 0 Å². The van der Waals surface area contributed by atoms with E-state index in [4.69, 9.17) is 9.15 Å². The number of aryl methyl sites for hydroxylation is 1. The number of hydrogen-bond donors (Lipinski definition) is 1. The van der Waals surface area contributed by atoms with E-state index < -0.39 is 17.7 Å². The number of aromatic nitrogens is 1. The minimum atomic E-state index is -0.849. The molecule has 1 fully saturated rings. The molecule has 2 aromatic heterocycles. The molecule has 1 amide bonds. The summed E-state index contributed by atoms with van der Waals surface area (Å²) in [5.74, 6) is -0.163. The van der Waals surface area contributed by atoms with E-state index in [9.17, 15) is 14.7 Å². The number of ether oxygens (including phenoxy) is 1. The Labute approximate surface area is 173 Å². The number of hydrogen-bond acceptors (Lipinski definition) is 6. The van der Waals surface area contributed by atoms with Gasteiger partial charge < -0.3 is 19.2 Å². The maximum Gasteiger partial charge on any atom is 0.296 e. The van der Waals surface area contributed by atoms with Crippen LogP contribution < -0.4 is 4.74 Å². The lowest BCUT2D eigenvalue weighted by Crippen LogP contribution is -2.29. The van der Waals surface area contributed by atoms with Crippen molar-refractivity contribution < 1.29 is 23.8 Å². The van der Waals surface area contributed by atoms with Crippen molar-refractivity contribution in [3.8, 4) is 5.75 Å². The van der Waals surface area contributed by atoms with Crippen molar-refractivity contribution >= 4 is 17.4 Å². The number of carbonyl (C=O) groups is 2. The van der Waals surface area contributed by atoms with E-state index in [1.807, 2.05) is 0 Å². The number of nitrogens with zero attached hydrogens (tertiary/aromatic N) is 2. The van der Waals surface area contributed by atoms with Gasteiger partial charge in [-0.25, -0.2) is 0 Å². The van der Waals surface area contributed by atoms with Crippen molar-refractivity contribution in [1.82, 2.24) is 9.88 Å². The van der Waals surface area contributed by atoms with E-state index in [1.165, 1.54) is 12.0 Å². The summed E-state index contributed by atoms with van der Waals surface area (Å²) >= 11 is 0. The van der Waals surface area contributed by atoms with Crippen LogP contribution in [0.1, 0.15) is 28.7 Å². The third-order valence-corrected chi connectivity index (χ3v) is 5.02. The fraction of sp³-hybridized carbons (Fsp3) is 0.174. The molecule has 3 aromatic rings. The Morgan fingerprint density at radius 2 is 1.93 bits per heavy atom. The van der Waals surface area contributed by atoms with Crippen LogP contribution in [-0.4, -0.2) is 33.8 Å². The predicted molar refractivity (Wildman–Crippen MR) is 109 cm³/mol. The molecule has 3 heterocycles. The Kier molecular flexibility index (Phi) is 5.10. The van der Waals surface area contributed by atoms with Gasteiger partial charge in [0.2, 0.25) is 0 Å². The summed E-state index contributed by atoms with van der Waals surface area (Å²) < 4.78 is 11.0. The number of furan rings is 1. The molecule has 1 atom stereocenters. The number of benzene rings is 1. The summed E-state index contributed by atoms with van der Waals surface area (Å²) in [5, 5.41) is 11.0. The number of amides is 1. The number of aliphatic hydroxyl groups is 1. The monoisotopic (exact) mass is 404 g/mol. The third-order valence-electron chi connectivity index (χ3n) is 5.02. The van der Waals surface area contributed by atoms with Gasteiger partial charge >= 0.3 is 0 Å². The highest BCUT2D eigenvalue weighted by Crippen LogP contribution is 2.41. The van der Waals surface area contributed by atoms with Crippen molar-refractivity contribution in [3.05, 3.63) is 89.1 Å². The number of aliphatic hydroxyl groups excluding tert-OH is 1. The smallest absolute Gasteiger partial charge is 0.296 e. The van der Waals surface area contributed by atoms with Crippen molar-refractivity contribution in [1.29, 1.82) is 0 Å². The normalized spacial score (nSPS) is 18.1. The van der Waals surface area contributed by atoms with Gasteiger partial charge in [-0.05, 0) is 48.9 Å². The molecular formula is C23H20N2O5. The van der Waals surface area contributed by atoms with Gasteiger partial charge in [-0.3, -0.25) is 14.6 Å². The fourth-order valence-corrected chi connectivity index (χ4v) is 3.55. The Balaban J connectivity index is 1.85. The predicted octanol–water partition coefficient (Wildman–Crippen LogP) is 3.61. The quantitative estimate of drug-likeness (QED) is 0.397. The van der Waals surface area contributed by atoms with Gasteiger partial charge in [0, 0.05) is 24.5 Å². The Morgan fingerprint density at radius 3 is 2.60 bits per heavy atom. The van der Waals surface area contributed by atoms with E-state index in [0.29, 0.717) is 22.8 Å². The van der Waals surface area contributed by atoms with Crippen molar-refractivity contribution in [2.45, 2.75) is 19.5 Å². The molecule has 1 saturated heterocycles. The molecule has 7 heteroatoms. The van der Waals surface area contributed by atoms with Gasteiger partial charge in [-0.1, -0.05) is 12.1 Å². The van der Waals surface area contributed by atoms with Crippen LogP contribution in [0.5, 0.6) is 5.75 Å². The van der Waals surface area contributed by atoms with Crippen molar-refractivity contribution in [2.24, 2.45) is 0 Å². The second-order valence-corrected chi connectivity index (χ2v) is 6.96. The van der Waals surface area contributed by atoms with Crippen LogP contribution in [0.25, 0.3) is 5.76 Å². The second-order valence-electron chi connectivity index (χ2n) is 6.96. The molecule has 1 N–H and O–H groups in total. The van der Waals surface area contributed by atoms with Crippen LogP contribution in [0.15, 0.2) is 70.9 Å². The SMILES string of the molecule is COc1cccc(C(O)=C2C(=O)C(=O)N(Cc3ccncc3)C2c2ccc(C)o2)c1. The van der Waals surface area contributed by atoms with Gasteiger partial charge in [0.1, 0.15) is 29.1 Å². The zero-order valence-corrected chi connectivity index (χ0v) is 16.5. The maximum atomic E-state index is 13.0. The average molecular weight is 404 g/mol. The number of pyridine rings is 1. The summed E-state index contributed by atoms with van der Waals surface area (Å²) in [6, 6.07) is 12.8. The van der Waals surface area contributed by atoms with Crippen LogP contribution >= 0.6 is 0 Å². The van der Waals surface area contributed by atoms with Crippen molar-refractivity contribution in [2.75, 3.05) is 7.11 Å². The van der Waals surface area contributed by atoms with Crippen molar-refractivity contribution in [3.63, 3.8) is 0 Å². The molecule has 0 spiro atoms. The van der Waals surface area contributed by atoms with Gasteiger partial charge in [0.15, 0.2) is 0 Å². The first-order valence-corrected chi connectivity index (χ1v) is 9.37. The fourth-order valence-electron chi connectivity index (χ4n) is 3.55. The Morgan fingerprint density at radius 1 is 1.17 bits per heavy atom. The molecule has 30 heavy (non-hydrogen) atoms. The number of rotatable bonds is 5. The lowest BCUT2D eigenvalue weighted by Gasteiger charge is -2.23. The Bertz CT molecular complexity index is 1130. The first-order chi connectivity index (χ1) is 14.5. The molecule has 4 rings (SSSR count). The van der Waals surface area contributed by atoms with Crippen LogP contribution in [0, 0.1) is 6.92 Å². The van der Waals surface area contributed by atoms with E-state index in [-0.39, 0.29) is 17.9 Å². The Hall–Kier alpha value is -3.87. The van der Waals surface area contributed by atoms with Gasteiger partial charge in [-0.2, -0.15) is 0 Å². The first-order valence-electron chi connectivity index (χ1n) is 9.37. The minimum absolute atomic E-state index is 0.0170. The van der Waals surface area contributed by atoms with Crippen LogP contribution in [0.4, 0.5) is 0 Å². The lowest BCUT2D eigenvalue weighted by molar-refractivity contribution is -0.140. The zero-order valence-electron chi connectivity index (χ0n) is 16.5. The number of carbonyl (C=O) groups excluding carboxylic acids is 2. The van der Waals surface area contributed by atoms with Crippen LogP contribution in [-0.2, 0) is 16.1 Å². The highest BCUT2D eigenvalue weighted by Gasteiger charge is 2.47. The van der Waals surface area contributed by atoms with Gasteiger partial charge in [0.05, 0.1) is 12.7 Å². The summed E-state index contributed by atoms with van der Waals surface area (Å²) in [5.41, 5.74) is 1.17. The summed E-state index contributed by atoms with van der Waals surface area (Å²) in [7, 11) is 1.51. The molecule has 0 bridgehead atoms. The lowest BCUT2D eigenvalue weighted by atomic mass is 9.99. The molecule has 7 nitrogen and oxygen atoms in total. The number of likely N-dealkylation sites (tertiary alicyclic amines) is 1. The van der Waals surface area contributed by atoms with E-state index in [2.05, 4.69) is 4.98 Å². The molecule has 1 aromatic carbocycles. The molecule has 1 aliphatic rings.